The van der Waals surface area contributed by atoms with Crippen molar-refractivity contribution in [2.45, 2.75) is 43.8 Å². The molecule has 0 N–H and O–H groups in total. The quantitative estimate of drug-likeness (QED) is 0.360. The second-order valence-electron chi connectivity index (χ2n) is 7.00. The van der Waals surface area contributed by atoms with Crippen LogP contribution in [-0.2, 0) is 21.3 Å². The van der Waals surface area contributed by atoms with Crippen LogP contribution in [0.5, 0.6) is 11.5 Å². The zero-order chi connectivity index (χ0) is 22.3. The van der Waals surface area contributed by atoms with Crippen molar-refractivity contribution in [3.63, 3.8) is 0 Å². The maximum atomic E-state index is 13.1. The third-order valence-corrected chi connectivity index (χ3v) is 4.80. The Kier molecular flexibility index (Phi) is 6.10. The van der Waals surface area contributed by atoms with Gasteiger partial charge < -0.3 is 18.8 Å². The van der Waals surface area contributed by atoms with Crippen LogP contribution in [0.1, 0.15) is 19.4 Å². The van der Waals surface area contributed by atoms with E-state index in [2.05, 4.69) is 4.74 Å². The molecule has 0 aromatic heterocycles. The largest absolute Gasteiger partial charge is 0.748 e. The Morgan fingerprint density at radius 2 is 1.69 bits per heavy atom. The molecule has 1 aliphatic heterocycles. The molecule has 0 spiro atoms. The van der Waals surface area contributed by atoms with Gasteiger partial charge in [0.1, 0.15) is 12.2 Å². The van der Waals surface area contributed by atoms with Crippen molar-refractivity contribution in [2.75, 3.05) is 19.0 Å². The van der Waals surface area contributed by atoms with Crippen molar-refractivity contribution < 1.29 is 53.5 Å². The molecule has 0 unspecified atom stereocenters. The number of para-hydroxylation sites is 1. The van der Waals surface area contributed by atoms with E-state index in [4.69, 9.17) is 9.47 Å². The average molecular weight is 451 g/mol. The van der Waals surface area contributed by atoms with Gasteiger partial charge in [-0.05, 0) is 19.9 Å². The highest BCUT2D eigenvalue weighted by atomic mass is 32.2. The first-order valence-electron chi connectivity index (χ1n) is 8.12. The zero-order valence-corrected chi connectivity index (χ0v) is 16.0. The van der Waals surface area contributed by atoms with Gasteiger partial charge >= 0.3 is 12.4 Å². The molecule has 29 heavy (non-hydrogen) atoms. The van der Waals surface area contributed by atoms with Gasteiger partial charge in [0, 0.05) is 12.0 Å². The van der Waals surface area contributed by atoms with E-state index in [0.29, 0.717) is 12.2 Å². The SMILES string of the molecule is CC1(C)Cc2cccc(OCCOC(CS(=O)(=O)[O-])(C(F)(F)F)C(F)(F)F)c2O1. The van der Waals surface area contributed by atoms with Crippen LogP contribution < -0.4 is 9.47 Å². The monoisotopic (exact) mass is 451 g/mol. The van der Waals surface area contributed by atoms with Crippen LogP contribution in [0.2, 0.25) is 0 Å². The average Bonchev–Trinajstić information content (AvgIpc) is 2.81. The summed E-state index contributed by atoms with van der Waals surface area (Å²) in [5.74, 6) is -2.46. The number of halogens is 6. The number of hydrogen-bond acceptors (Lipinski definition) is 6. The fraction of sp³-hybridized carbons (Fsp3) is 0.625. The lowest BCUT2D eigenvalue weighted by atomic mass is 10.0. The molecule has 1 aromatic rings. The molecule has 0 bridgehead atoms. The normalized spacial score (nSPS) is 17.0. The Balaban J connectivity index is 2.15. The molecule has 1 heterocycles. The molecule has 0 aliphatic carbocycles. The highest BCUT2D eigenvalue weighted by Crippen LogP contribution is 2.47. The second kappa shape index (κ2) is 7.51. The highest BCUT2D eigenvalue weighted by Gasteiger charge is 2.73. The van der Waals surface area contributed by atoms with Crippen molar-refractivity contribution in [2.24, 2.45) is 0 Å². The number of fused-ring (bicyclic) bond motifs is 1. The fourth-order valence-corrected chi connectivity index (χ4v) is 3.76. The van der Waals surface area contributed by atoms with E-state index in [1.807, 2.05) is 0 Å². The first-order chi connectivity index (χ1) is 13.0. The number of rotatable bonds is 7. The summed E-state index contributed by atoms with van der Waals surface area (Å²) in [6.45, 7) is 1.49. The van der Waals surface area contributed by atoms with Crippen LogP contribution in [0.3, 0.4) is 0 Å². The van der Waals surface area contributed by atoms with Crippen LogP contribution in [0, 0.1) is 0 Å². The van der Waals surface area contributed by atoms with Crippen LogP contribution in [0.25, 0.3) is 0 Å². The minimum Gasteiger partial charge on any atom is -0.748 e. The van der Waals surface area contributed by atoms with Crippen LogP contribution >= 0.6 is 0 Å². The fourth-order valence-electron chi connectivity index (χ4n) is 2.85. The van der Waals surface area contributed by atoms with Gasteiger partial charge in [0.2, 0.25) is 0 Å². The van der Waals surface area contributed by atoms with Crippen molar-refractivity contribution in [3.05, 3.63) is 23.8 Å². The summed E-state index contributed by atoms with van der Waals surface area (Å²) in [7, 11) is -5.93. The molecule has 0 saturated carbocycles. The molecule has 6 nitrogen and oxygen atoms in total. The summed E-state index contributed by atoms with van der Waals surface area (Å²) >= 11 is 0. The number of alkyl halides is 6. The smallest absolute Gasteiger partial charge is 0.427 e. The molecular weight excluding hydrogens is 434 g/mol. The molecule has 1 aliphatic rings. The lowest BCUT2D eigenvalue weighted by Gasteiger charge is -2.37. The van der Waals surface area contributed by atoms with Gasteiger partial charge in [-0.25, -0.2) is 8.42 Å². The molecule has 13 heteroatoms. The minimum absolute atomic E-state index is 0.0812. The van der Waals surface area contributed by atoms with Gasteiger partial charge in [-0.2, -0.15) is 26.3 Å². The second-order valence-corrected chi connectivity index (χ2v) is 8.41. The predicted octanol–water partition coefficient (Wildman–Crippen LogP) is 3.20. The third kappa shape index (κ3) is 5.25. The standard InChI is InChI=1S/C16H18F6O6S/c1-13(2)8-10-4-3-5-11(12(10)28-13)26-6-7-27-14(15(17,18)19,16(20,21)22)9-29(23,24)25/h3-5H,6-9H2,1-2H3,(H,23,24,25)/p-1. The minimum atomic E-state index is -6.20. The summed E-state index contributed by atoms with van der Waals surface area (Å²) in [6, 6.07) is 4.70. The molecule has 0 radical (unpaired) electrons. The third-order valence-electron chi connectivity index (χ3n) is 4.04. The van der Waals surface area contributed by atoms with E-state index >= 15 is 0 Å². The van der Waals surface area contributed by atoms with E-state index in [0.717, 1.165) is 5.56 Å². The van der Waals surface area contributed by atoms with E-state index in [-0.39, 0.29) is 5.75 Å². The van der Waals surface area contributed by atoms with Crippen molar-refractivity contribution in [3.8, 4) is 11.5 Å². The number of ether oxygens (including phenoxy) is 3. The molecule has 0 fully saturated rings. The maximum absolute atomic E-state index is 13.1. The van der Waals surface area contributed by atoms with E-state index in [1.54, 1.807) is 26.0 Å². The molecule has 166 valence electrons. The Hall–Kier alpha value is -1.73. The van der Waals surface area contributed by atoms with E-state index in [9.17, 15) is 39.3 Å². The summed E-state index contributed by atoms with van der Waals surface area (Å²) < 4.78 is 126. The summed E-state index contributed by atoms with van der Waals surface area (Å²) in [5, 5.41) is 0. The van der Waals surface area contributed by atoms with Gasteiger partial charge in [0.05, 0.1) is 22.5 Å². The molecule has 0 amide bonds. The Morgan fingerprint density at radius 3 is 2.21 bits per heavy atom. The Morgan fingerprint density at radius 1 is 1.10 bits per heavy atom. The molecule has 1 aromatic carbocycles. The first-order valence-corrected chi connectivity index (χ1v) is 9.70. The Bertz CT molecular complexity index is 832. The van der Waals surface area contributed by atoms with Gasteiger partial charge in [0.25, 0.3) is 5.60 Å². The summed E-state index contributed by atoms with van der Waals surface area (Å²) in [4.78, 5) is 0. The number of hydrogen-bond donors (Lipinski definition) is 0. The van der Waals surface area contributed by atoms with Crippen LogP contribution in [0.4, 0.5) is 26.3 Å². The van der Waals surface area contributed by atoms with Gasteiger partial charge in [-0.3, -0.25) is 0 Å². The molecule has 0 atom stereocenters. The summed E-state index contributed by atoms with van der Waals surface area (Å²) in [5.41, 5.74) is -4.99. The predicted molar refractivity (Wildman–Crippen MR) is 85.7 cm³/mol. The van der Waals surface area contributed by atoms with Crippen molar-refractivity contribution in [1.82, 2.24) is 0 Å². The topological polar surface area (TPSA) is 84.9 Å². The van der Waals surface area contributed by atoms with Gasteiger partial charge in [-0.15, -0.1) is 0 Å². The van der Waals surface area contributed by atoms with Gasteiger partial charge in [0.15, 0.2) is 11.5 Å². The van der Waals surface area contributed by atoms with Gasteiger partial charge in [-0.1, -0.05) is 12.1 Å². The van der Waals surface area contributed by atoms with Crippen LogP contribution in [-0.4, -0.2) is 55.5 Å². The first kappa shape index (κ1) is 23.5. The molecule has 0 saturated heterocycles. The molecular formula is C16H17F6O6S-. The van der Waals surface area contributed by atoms with Crippen molar-refractivity contribution in [1.29, 1.82) is 0 Å². The lowest BCUT2D eigenvalue weighted by molar-refractivity contribution is -0.372. The number of benzene rings is 1. The van der Waals surface area contributed by atoms with Crippen LogP contribution in [0.15, 0.2) is 18.2 Å². The Labute approximate surface area is 162 Å². The van der Waals surface area contributed by atoms with Crippen molar-refractivity contribution >= 4 is 10.1 Å². The van der Waals surface area contributed by atoms with E-state index in [1.165, 1.54) is 6.07 Å². The lowest BCUT2D eigenvalue weighted by Crippen LogP contribution is -2.63. The highest BCUT2D eigenvalue weighted by molar-refractivity contribution is 7.85. The molecule has 2 rings (SSSR count). The zero-order valence-electron chi connectivity index (χ0n) is 15.2. The van der Waals surface area contributed by atoms with E-state index < -0.39 is 52.6 Å². The summed E-state index contributed by atoms with van der Waals surface area (Å²) in [6.07, 6.45) is -11.9. The maximum Gasteiger partial charge on any atom is 0.427 e.